The zero-order chi connectivity index (χ0) is 15.2. The molecule has 1 fully saturated rings. The number of nitrogens with two attached hydrogens (primary N) is 1. The average Bonchev–Trinajstić information content (AvgIpc) is 2.47. The van der Waals surface area contributed by atoms with E-state index in [1.54, 1.807) is 12.1 Å². The molecule has 0 spiro atoms. The number of benzene rings is 1. The molecule has 1 saturated heterocycles. The van der Waals surface area contributed by atoms with E-state index in [1.165, 1.54) is 0 Å². The van der Waals surface area contributed by atoms with E-state index in [1.807, 2.05) is 12.1 Å². The molecular weight excluding hydrogens is 270 g/mol. The second-order valence-electron chi connectivity index (χ2n) is 5.32. The van der Waals surface area contributed by atoms with Crippen molar-refractivity contribution in [3.8, 4) is 0 Å². The van der Waals surface area contributed by atoms with E-state index in [2.05, 4.69) is 9.80 Å². The Balaban J connectivity index is 1.78. The summed E-state index contributed by atoms with van der Waals surface area (Å²) in [5.74, 6) is -1.15. The summed E-state index contributed by atoms with van der Waals surface area (Å²) in [5.41, 5.74) is 6.89. The summed E-state index contributed by atoms with van der Waals surface area (Å²) in [7, 11) is 0. The number of hydrogen-bond acceptors (Lipinski definition) is 4. The summed E-state index contributed by atoms with van der Waals surface area (Å²) in [6.07, 6.45) is 0.203. The van der Waals surface area contributed by atoms with Gasteiger partial charge in [0, 0.05) is 44.8 Å². The van der Waals surface area contributed by atoms with Crippen molar-refractivity contribution in [3.63, 3.8) is 0 Å². The number of carboxylic acid groups (broad SMARTS) is 1. The fourth-order valence-corrected chi connectivity index (χ4v) is 2.46. The van der Waals surface area contributed by atoms with E-state index >= 15 is 0 Å². The Bertz CT molecular complexity index is 493. The fraction of sp³-hybridized carbons (Fsp3) is 0.467. The van der Waals surface area contributed by atoms with Crippen molar-refractivity contribution in [2.45, 2.75) is 13.0 Å². The van der Waals surface area contributed by atoms with Gasteiger partial charge in [-0.2, -0.15) is 0 Å². The number of primary amides is 1. The molecule has 1 heterocycles. The SMILES string of the molecule is NC(=O)c1ccc(CN2CCN(CCC(=O)O)CC2)cc1. The van der Waals surface area contributed by atoms with Crippen LogP contribution in [0.4, 0.5) is 0 Å². The van der Waals surface area contributed by atoms with Gasteiger partial charge in [-0.1, -0.05) is 12.1 Å². The Hall–Kier alpha value is -1.92. The maximum atomic E-state index is 11.0. The van der Waals surface area contributed by atoms with Gasteiger partial charge in [0.1, 0.15) is 0 Å². The highest BCUT2D eigenvalue weighted by Gasteiger charge is 2.17. The molecule has 1 amide bonds. The van der Waals surface area contributed by atoms with Crippen molar-refractivity contribution in [2.24, 2.45) is 5.73 Å². The number of hydrogen-bond donors (Lipinski definition) is 2. The van der Waals surface area contributed by atoms with Gasteiger partial charge in [-0.3, -0.25) is 14.5 Å². The Morgan fingerprint density at radius 2 is 1.62 bits per heavy atom. The normalized spacial score (nSPS) is 16.8. The van der Waals surface area contributed by atoms with Crippen molar-refractivity contribution in [2.75, 3.05) is 32.7 Å². The number of rotatable bonds is 6. The molecule has 6 nitrogen and oxygen atoms in total. The molecule has 6 heteroatoms. The van der Waals surface area contributed by atoms with E-state index in [0.29, 0.717) is 12.1 Å². The van der Waals surface area contributed by atoms with Crippen LogP contribution in [0.25, 0.3) is 0 Å². The second kappa shape index (κ2) is 7.19. The minimum absolute atomic E-state index is 0.203. The summed E-state index contributed by atoms with van der Waals surface area (Å²) in [4.78, 5) is 26.1. The van der Waals surface area contributed by atoms with Crippen molar-refractivity contribution < 1.29 is 14.7 Å². The van der Waals surface area contributed by atoms with Crippen LogP contribution in [0, 0.1) is 0 Å². The van der Waals surface area contributed by atoms with Gasteiger partial charge in [0.05, 0.1) is 6.42 Å². The van der Waals surface area contributed by atoms with Crippen molar-refractivity contribution >= 4 is 11.9 Å². The molecule has 114 valence electrons. The number of aliphatic carboxylic acids is 1. The van der Waals surface area contributed by atoms with Crippen LogP contribution in [0.5, 0.6) is 0 Å². The van der Waals surface area contributed by atoms with Gasteiger partial charge < -0.3 is 15.7 Å². The zero-order valence-corrected chi connectivity index (χ0v) is 12.0. The lowest BCUT2D eigenvalue weighted by atomic mass is 10.1. The van der Waals surface area contributed by atoms with Gasteiger partial charge in [0.25, 0.3) is 0 Å². The predicted molar refractivity (Wildman–Crippen MR) is 78.9 cm³/mol. The first-order valence-electron chi connectivity index (χ1n) is 7.10. The van der Waals surface area contributed by atoms with Gasteiger partial charge in [-0.25, -0.2) is 0 Å². The minimum Gasteiger partial charge on any atom is -0.481 e. The summed E-state index contributed by atoms with van der Waals surface area (Å²) >= 11 is 0. The predicted octanol–water partition coefficient (Wildman–Crippen LogP) is 0.378. The van der Waals surface area contributed by atoms with Crippen LogP contribution in [0.3, 0.4) is 0 Å². The van der Waals surface area contributed by atoms with Crippen molar-refractivity contribution in [1.82, 2.24) is 9.80 Å². The first-order chi connectivity index (χ1) is 10.0. The molecule has 1 aromatic carbocycles. The molecule has 1 aliphatic rings. The van der Waals surface area contributed by atoms with Gasteiger partial charge >= 0.3 is 5.97 Å². The molecule has 0 atom stereocenters. The van der Waals surface area contributed by atoms with Crippen LogP contribution in [0.1, 0.15) is 22.3 Å². The van der Waals surface area contributed by atoms with Crippen LogP contribution in [0.2, 0.25) is 0 Å². The van der Waals surface area contributed by atoms with Gasteiger partial charge in [0.15, 0.2) is 0 Å². The maximum Gasteiger partial charge on any atom is 0.304 e. The second-order valence-corrected chi connectivity index (χ2v) is 5.32. The van der Waals surface area contributed by atoms with E-state index in [-0.39, 0.29) is 6.42 Å². The number of carbonyl (C=O) groups excluding carboxylic acids is 1. The van der Waals surface area contributed by atoms with E-state index in [0.717, 1.165) is 38.3 Å². The van der Waals surface area contributed by atoms with Crippen molar-refractivity contribution in [1.29, 1.82) is 0 Å². The molecule has 0 aromatic heterocycles. The Morgan fingerprint density at radius 3 is 2.14 bits per heavy atom. The van der Waals surface area contributed by atoms with Crippen LogP contribution < -0.4 is 5.73 Å². The van der Waals surface area contributed by atoms with Crippen LogP contribution in [-0.2, 0) is 11.3 Å². The molecule has 0 aliphatic carbocycles. The summed E-state index contributed by atoms with van der Waals surface area (Å²) in [6, 6.07) is 7.36. The lowest BCUT2D eigenvalue weighted by Gasteiger charge is -2.34. The highest BCUT2D eigenvalue weighted by Crippen LogP contribution is 2.10. The van der Waals surface area contributed by atoms with Crippen LogP contribution in [0.15, 0.2) is 24.3 Å². The third-order valence-corrected chi connectivity index (χ3v) is 3.75. The quantitative estimate of drug-likeness (QED) is 0.791. The lowest BCUT2D eigenvalue weighted by Crippen LogP contribution is -2.46. The molecule has 1 aromatic rings. The zero-order valence-electron chi connectivity index (χ0n) is 12.0. The minimum atomic E-state index is -0.744. The van der Waals surface area contributed by atoms with E-state index in [9.17, 15) is 9.59 Å². The fourth-order valence-electron chi connectivity index (χ4n) is 2.46. The van der Waals surface area contributed by atoms with Crippen LogP contribution in [-0.4, -0.2) is 59.5 Å². The average molecular weight is 291 g/mol. The summed E-state index contributed by atoms with van der Waals surface area (Å²) in [6.45, 7) is 5.11. The number of carbonyl (C=O) groups is 2. The molecule has 3 N–H and O–H groups in total. The Labute approximate surface area is 124 Å². The molecule has 21 heavy (non-hydrogen) atoms. The largest absolute Gasteiger partial charge is 0.481 e. The van der Waals surface area contributed by atoms with Gasteiger partial charge in [0.2, 0.25) is 5.91 Å². The van der Waals surface area contributed by atoms with Crippen LogP contribution >= 0.6 is 0 Å². The first kappa shape index (κ1) is 15.5. The Kier molecular flexibility index (Phi) is 5.30. The highest BCUT2D eigenvalue weighted by atomic mass is 16.4. The third kappa shape index (κ3) is 4.84. The number of carboxylic acids is 1. The monoisotopic (exact) mass is 291 g/mol. The lowest BCUT2D eigenvalue weighted by molar-refractivity contribution is -0.137. The molecule has 0 saturated carbocycles. The van der Waals surface area contributed by atoms with Gasteiger partial charge in [-0.15, -0.1) is 0 Å². The first-order valence-corrected chi connectivity index (χ1v) is 7.10. The topological polar surface area (TPSA) is 86.9 Å². The number of piperazine rings is 1. The van der Waals surface area contributed by atoms with Crippen molar-refractivity contribution in [3.05, 3.63) is 35.4 Å². The highest BCUT2D eigenvalue weighted by molar-refractivity contribution is 5.92. The maximum absolute atomic E-state index is 11.0. The summed E-state index contributed by atoms with van der Waals surface area (Å²) in [5, 5.41) is 8.68. The number of nitrogens with zero attached hydrogens (tertiary/aromatic N) is 2. The molecule has 0 unspecified atom stereocenters. The van der Waals surface area contributed by atoms with Gasteiger partial charge in [-0.05, 0) is 17.7 Å². The third-order valence-electron chi connectivity index (χ3n) is 3.75. The molecule has 0 radical (unpaired) electrons. The standard InChI is InChI=1S/C15H21N3O3/c16-15(21)13-3-1-12(2-4-13)11-18-9-7-17(8-10-18)6-5-14(19)20/h1-4H,5-11H2,(H2,16,21)(H,19,20). The Morgan fingerprint density at radius 1 is 1.05 bits per heavy atom. The molecule has 0 bridgehead atoms. The molecule has 1 aliphatic heterocycles. The van der Waals surface area contributed by atoms with E-state index < -0.39 is 11.9 Å². The molecule has 2 rings (SSSR count). The number of amides is 1. The smallest absolute Gasteiger partial charge is 0.304 e. The molecular formula is C15H21N3O3. The summed E-state index contributed by atoms with van der Waals surface area (Å²) < 4.78 is 0. The van der Waals surface area contributed by atoms with E-state index in [4.69, 9.17) is 10.8 Å².